The number of rotatable bonds is 1. The molecule has 1 N–H and O–H groups in total. The topological polar surface area (TPSA) is 41.8 Å². The van der Waals surface area contributed by atoms with Gasteiger partial charge in [-0.1, -0.05) is 6.07 Å². The predicted molar refractivity (Wildman–Crippen MR) is 62.5 cm³/mol. The van der Waals surface area contributed by atoms with E-state index >= 15 is 0 Å². The van der Waals surface area contributed by atoms with Crippen LogP contribution in [0.4, 0.5) is 4.39 Å². The standard InChI is InChI=1S/C10H5FN2OS2/c11-6-2-1-5-3-8(16-7(5)4-6)9-12-13-10(15)14-9/h1-4H,(H,13,15). The highest BCUT2D eigenvalue weighted by atomic mass is 32.1. The molecule has 0 aliphatic heterocycles. The van der Waals surface area contributed by atoms with Crippen molar-refractivity contribution in [2.24, 2.45) is 0 Å². The molecule has 2 heterocycles. The molecule has 6 heteroatoms. The van der Waals surface area contributed by atoms with Crippen LogP contribution in [0.25, 0.3) is 20.9 Å². The Labute approximate surface area is 98.5 Å². The molecular weight excluding hydrogens is 247 g/mol. The van der Waals surface area contributed by atoms with Crippen LogP contribution in [-0.4, -0.2) is 10.2 Å². The lowest BCUT2D eigenvalue weighted by Gasteiger charge is -1.86. The number of aromatic amines is 1. The molecule has 0 amide bonds. The maximum atomic E-state index is 13.0. The van der Waals surface area contributed by atoms with E-state index in [0.29, 0.717) is 5.89 Å². The number of hydrogen-bond donors (Lipinski definition) is 1. The van der Waals surface area contributed by atoms with Crippen LogP contribution < -0.4 is 0 Å². The van der Waals surface area contributed by atoms with Gasteiger partial charge in [-0.3, -0.25) is 0 Å². The Bertz CT molecular complexity index is 713. The fourth-order valence-electron chi connectivity index (χ4n) is 1.45. The highest BCUT2D eigenvalue weighted by Gasteiger charge is 2.09. The van der Waals surface area contributed by atoms with E-state index in [-0.39, 0.29) is 10.7 Å². The molecule has 80 valence electrons. The van der Waals surface area contributed by atoms with Crippen molar-refractivity contribution in [1.29, 1.82) is 0 Å². The van der Waals surface area contributed by atoms with Gasteiger partial charge in [-0.25, -0.2) is 9.49 Å². The van der Waals surface area contributed by atoms with E-state index in [4.69, 9.17) is 16.6 Å². The van der Waals surface area contributed by atoms with E-state index in [0.717, 1.165) is 15.0 Å². The zero-order valence-electron chi connectivity index (χ0n) is 7.86. The fourth-order valence-corrected chi connectivity index (χ4v) is 2.58. The third kappa shape index (κ3) is 1.56. The second-order valence-electron chi connectivity index (χ2n) is 3.21. The maximum Gasteiger partial charge on any atom is 0.284 e. The van der Waals surface area contributed by atoms with Crippen LogP contribution in [0.2, 0.25) is 0 Å². The number of halogens is 1. The van der Waals surface area contributed by atoms with Crippen LogP contribution in [0.1, 0.15) is 0 Å². The van der Waals surface area contributed by atoms with E-state index in [1.54, 1.807) is 6.07 Å². The highest BCUT2D eigenvalue weighted by Crippen LogP contribution is 2.32. The summed E-state index contributed by atoms with van der Waals surface area (Å²) in [7, 11) is 0. The predicted octanol–water partition coefficient (Wildman–Crippen LogP) is 3.75. The lowest BCUT2D eigenvalue weighted by molar-refractivity contribution is 0.553. The molecule has 0 radical (unpaired) electrons. The molecule has 0 spiro atoms. The lowest BCUT2D eigenvalue weighted by Crippen LogP contribution is -1.70. The first kappa shape index (κ1) is 9.68. The van der Waals surface area contributed by atoms with Gasteiger partial charge in [0.1, 0.15) is 5.82 Å². The summed E-state index contributed by atoms with van der Waals surface area (Å²) < 4.78 is 19.1. The van der Waals surface area contributed by atoms with E-state index < -0.39 is 0 Å². The number of H-pyrrole nitrogens is 1. The fraction of sp³-hybridized carbons (Fsp3) is 0. The van der Waals surface area contributed by atoms with Gasteiger partial charge in [0.25, 0.3) is 10.7 Å². The minimum Gasteiger partial charge on any atom is -0.408 e. The summed E-state index contributed by atoms with van der Waals surface area (Å²) in [6.07, 6.45) is 0. The van der Waals surface area contributed by atoms with Gasteiger partial charge in [-0.15, -0.1) is 16.4 Å². The van der Waals surface area contributed by atoms with Gasteiger partial charge in [0.05, 0.1) is 4.88 Å². The molecule has 1 aromatic carbocycles. The van der Waals surface area contributed by atoms with Gasteiger partial charge in [0.2, 0.25) is 0 Å². The molecule has 2 aromatic heterocycles. The molecule has 16 heavy (non-hydrogen) atoms. The van der Waals surface area contributed by atoms with Gasteiger partial charge in [0, 0.05) is 4.70 Å². The molecule has 0 saturated heterocycles. The zero-order valence-corrected chi connectivity index (χ0v) is 9.49. The van der Waals surface area contributed by atoms with E-state index in [9.17, 15) is 4.39 Å². The molecule has 3 rings (SSSR count). The van der Waals surface area contributed by atoms with Crippen molar-refractivity contribution in [3.63, 3.8) is 0 Å². The summed E-state index contributed by atoms with van der Waals surface area (Å²) in [6, 6.07) is 6.55. The van der Waals surface area contributed by atoms with Gasteiger partial charge >= 0.3 is 0 Å². The largest absolute Gasteiger partial charge is 0.408 e. The quantitative estimate of drug-likeness (QED) is 0.670. The number of hydrogen-bond acceptors (Lipinski definition) is 4. The third-order valence-electron chi connectivity index (χ3n) is 2.13. The monoisotopic (exact) mass is 252 g/mol. The molecule has 0 bridgehead atoms. The van der Waals surface area contributed by atoms with E-state index in [1.165, 1.54) is 23.5 Å². The summed E-state index contributed by atoms with van der Waals surface area (Å²) in [5, 5.41) is 7.44. The minimum absolute atomic E-state index is 0.235. The molecule has 0 unspecified atom stereocenters. The Morgan fingerprint density at radius 1 is 1.38 bits per heavy atom. The SMILES string of the molecule is Fc1ccc2cc(-c3n[nH]c(=S)o3)sc2c1. The average Bonchev–Trinajstić information content (AvgIpc) is 2.83. The number of nitrogens with one attached hydrogen (secondary N) is 1. The normalized spacial score (nSPS) is 11.1. The molecule has 0 saturated carbocycles. The molecule has 0 aliphatic carbocycles. The number of benzene rings is 1. The lowest BCUT2D eigenvalue weighted by atomic mass is 10.2. The first-order valence-electron chi connectivity index (χ1n) is 4.47. The number of nitrogens with zero attached hydrogens (tertiary/aromatic N) is 1. The highest BCUT2D eigenvalue weighted by molar-refractivity contribution is 7.71. The second-order valence-corrected chi connectivity index (χ2v) is 4.67. The van der Waals surface area contributed by atoms with Crippen molar-refractivity contribution in [1.82, 2.24) is 10.2 Å². The summed E-state index contributed by atoms with van der Waals surface area (Å²) in [5.74, 6) is 0.190. The van der Waals surface area contributed by atoms with Crippen LogP contribution in [-0.2, 0) is 0 Å². The van der Waals surface area contributed by atoms with E-state index in [2.05, 4.69) is 10.2 Å². The minimum atomic E-state index is -0.246. The number of aromatic nitrogens is 2. The molecule has 0 aliphatic rings. The number of fused-ring (bicyclic) bond motifs is 1. The van der Waals surface area contributed by atoms with Crippen LogP contribution in [0.5, 0.6) is 0 Å². The van der Waals surface area contributed by atoms with Gasteiger partial charge in [0.15, 0.2) is 0 Å². The Balaban J connectivity index is 2.22. The van der Waals surface area contributed by atoms with Crippen molar-refractivity contribution >= 4 is 33.6 Å². The number of thiophene rings is 1. The van der Waals surface area contributed by atoms with Gasteiger partial charge < -0.3 is 4.42 Å². The van der Waals surface area contributed by atoms with Crippen LogP contribution >= 0.6 is 23.6 Å². The first-order chi connectivity index (χ1) is 7.72. The van der Waals surface area contributed by atoms with Crippen molar-refractivity contribution < 1.29 is 8.81 Å². The molecule has 3 aromatic rings. The third-order valence-corrected chi connectivity index (χ3v) is 3.39. The Morgan fingerprint density at radius 2 is 2.25 bits per heavy atom. The summed E-state index contributed by atoms with van der Waals surface area (Å²) in [5.41, 5.74) is 0. The van der Waals surface area contributed by atoms with E-state index in [1.807, 2.05) is 6.07 Å². The maximum absolute atomic E-state index is 13.0. The Kier molecular flexibility index (Phi) is 2.12. The molecular formula is C10H5FN2OS2. The molecule has 0 fully saturated rings. The van der Waals surface area contributed by atoms with Crippen LogP contribution in [0.3, 0.4) is 0 Å². The van der Waals surface area contributed by atoms with Crippen LogP contribution in [0.15, 0.2) is 28.7 Å². The van der Waals surface area contributed by atoms with Crippen molar-refractivity contribution in [2.75, 3.05) is 0 Å². The summed E-state index contributed by atoms with van der Waals surface area (Å²) >= 11 is 6.21. The zero-order chi connectivity index (χ0) is 11.1. The first-order valence-corrected chi connectivity index (χ1v) is 5.70. The summed E-state index contributed by atoms with van der Waals surface area (Å²) in [4.78, 5) is 1.06. The van der Waals surface area contributed by atoms with Crippen molar-refractivity contribution in [3.05, 3.63) is 34.9 Å². The van der Waals surface area contributed by atoms with Crippen molar-refractivity contribution in [3.8, 4) is 10.8 Å². The smallest absolute Gasteiger partial charge is 0.284 e. The van der Waals surface area contributed by atoms with Gasteiger partial charge in [-0.2, -0.15) is 0 Å². The van der Waals surface area contributed by atoms with Gasteiger partial charge in [-0.05, 0) is 35.8 Å². The Hall–Kier alpha value is -1.53. The second kappa shape index (κ2) is 3.50. The van der Waals surface area contributed by atoms with Crippen molar-refractivity contribution in [2.45, 2.75) is 0 Å². The molecule has 3 nitrogen and oxygen atoms in total. The summed E-state index contributed by atoms with van der Waals surface area (Å²) in [6.45, 7) is 0. The Morgan fingerprint density at radius 3 is 3.00 bits per heavy atom. The van der Waals surface area contributed by atoms with Crippen LogP contribution in [0, 0.1) is 10.7 Å². The average molecular weight is 252 g/mol. The molecule has 0 atom stereocenters.